The van der Waals surface area contributed by atoms with Crippen molar-refractivity contribution in [2.24, 2.45) is 5.92 Å². The molecule has 0 aromatic carbocycles. The van der Waals surface area contributed by atoms with Crippen LogP contribution >= 0.6 is 0 Å². The molecule has 1 aliphatic rings. The number of nitrogens with one attached hydrogen (secondary N) is 2. The molecule has 7 heteroatoms. The lowest BCUT2D eigenvalue weighted by molar-refractivity contribution is -0.0468. The summed E-state index contributed by atoms with van der Waals surface area (Å²) in [7, 11) is 0. The Morgan fingerprint density at radius 1 is 1.30 bits per heavy atom. The summed E-state index contributed by atoms with van der Waals surface area (Å²) < 4.78 is 27.5. The molecule has 1 saturated carbocycles. The topological polar surface area (TPSA) is 66.9 Å². The molecular formula is C16H25F2N3O2. The van der Waals surface area contributed by atoms with Gasteiger partial charge in [0.2, 0.25) is 5.92 Å². The van der Waals surface area contributed by atoms with Gasteiger partial charge >= 0.3 is 5.69 Å². The Labute approximate surface area is 134 Å². The highest BCUT2D eigenvalue weighted by atomic mass is 19.3. The van der Waals surface area contributed by atoms with Crippen molar-refractivity contribution in [3.63, 3.8) is 0 Å². The summed E-state index contributed by atoms with van der Waals surface area (Å²) in [4.78, 5) is 26.5. The Morgan fingerprint density at radius 3 is 2.43 bits per heavy atom. The van der Waals surface area contributed by atoms with Crippen LogP contribution in [0.3, 0.4) is 0 Å². The number of alkyl halides is 2. The molecule has 2 rings (SSSR count). The minimum Gasteiger partial charge on any atom is -0.369 e. The van der Waals surface area contributed by atoms with Gasteiger partial charge in [-0.3, -0.25) is 14.3 Å². The van der Waals surface area contributed by atoms with Gasteiger partial charge in [-0.05, 0) is 46.0 Å². The first-order chi connectivity index (χ1) is 10.7. The molecule has 0 amide bonds. The van der Waals surface area contributed by atoms with E-state index in [-0.39, 0.29) is 36.4 Å². The molecular weight excluding hydrogens is 304 g/mol. The Kier molecular flexibility index (Phi) is 5.26. The third-order valence-corrected chi connectivity index (χ3v) is 4.41. The number of aromatic nitrogens is 2. The summed E-state index contributed by atoms with van der Waals surface area (Å²) in [5.74, 6) is -1.88. The first-order valence-corrected chi connectivity index (χ1v) is 8.18. The second-order valence-corrected chi connectivity index (χ2v) is 6.87. The van der Waals surface area contributed by atoms with Gasteiger partial charge in [0.05, 0.1) is 0 Å². The third kappa shape index (κ3) is 4.65. The molecule has 0 bridgehead atoms. The zero-order chi connectivity index (χ0) is 17.2. The number of H-pyrrole nitrogens is 1. The van der Waals surface area contributed by atoms with Crippen LogP contribution in [0, 0.1) is 5.92 Å². The SMILES string of the molecule is CC(C)n1c(=O)cc(N[C@@H](C)CC2CCC(F)(F)CC2)[nH]c1=O. The molecule has 1 aromatic heterocycles. The summed E-state index contributed by atoms with van der Waals surface area (Å²) in [5.41, 5.74) is -0.796. The molecule has 5 nitrogen and oxygen atoms in total. The molecule has 23 heavy (non-hydrogen) atoms. The van der Waals surface area contributed by atoms with E-state index in [1.165, 1.54) is 6.07 Å². The smallest absolute Gasteiger partial charge is 0.330 e. The van der Waals surface area contributed by atoms with E-state index < -0.39 is 11.6 Å². The van der Waals surface area contributed by atoms with Crippen molar-refractivity contribution < 1.29 is 8.78 Å². The van der Waals surface area contributed by atoms with E-state index >= 15 is 0 Å². The van der Waals surface area contributed by atoms with Crippen molar-refractivity contribution in [3.8, 4) is 0 Å². The predicted molar refractivity (Wildman–Crippen MR) is 86.3 cm³/mol. The lowest BCUT2D eigenvalue weighted by Gasteiger charge is -2.30. The van der Waals surface area contributed by atoms with Gasteiger partial charge in [-0.1, -0.05) is 0 Å². The molecule has 0 saturated heterocycles. The first-order valence-electron chi connectivity index (χ1n) is 8.18. The van der Waals surface area contributed by atoms with Gasteiger partial charge in [0.15, 0.2) is 0 Å². The molecule has 1 heterocycles. The number of hydrogen-bond donors (Lipinski definition) is 2. The Hall–Kier alpha value is -1.66. The summed E-state index contributed by atoms with van der Waals surface area (Å²) in [6, 6.07) is 1.16. The maximum absolute atomic E-state index is 13.2. The first kappa shape index (κ1) is 17.7. The standard InChI is InChI=1S/C16H25F2N3O2/c1-10(2)21-14(22)9-13(20-15(21)23)19-11(3)8-12-4-6-16(17,18)7-5-12/h9-12,19H,4-8H2,1-3H3,(H,20,23)/t11-/m0/s1. The number of aromatic amines is 1. The molecule has 2 N–H and O–H groups in total. The maximum Gasteiger partial charge on any atom is 0.330 e. The van der Waals surface area contributed by atoms with Crippen molar-refractivity contribution in [2.75, 3.05) is 5.32 Å². The second-order valence-electron chi connectivity index (χ2n) is 6.87. The van der Waals surface area contributed by atoms with E-state index in [0.29, 0.717) is 18.7 Å². The monoisotopic (exact) mass is 329 g/mol. The van der Waals surface area contributed by atoms with E-state index in [2.05, 4.69) is 10.3 Å². The molecule has 1 aliphatic carbocycles. The fourth-order valence-corrected chi connectivity index (χ4v) is 3.23. The van der Waals surface area contributed by atoms with Gasteiger partial charge < -0.3 is 5.32 Å². The molecule has 0 radical (unpaired) electrons. The van der Waals surface area contributed by atoms with Crippen LogP contribution in [0.1, 0.15) is 58.9 Å². The van der Waals surface area contributed by atoms with Crippen molar-refractivity contribution >= 4 is 5.82 Å². The normalized spacial score (nSPS) is 19.7. The highest BCUT2D eigenvalue weighted by Crippen LogP contribution is 2.37. The number of hydrogen-bond acceptors (Lipinski definition) is 3. The van der Waals surface area contributed by atoms with Crippen LogP contribution in [0.25, 0.3) is 0 Å². The van der Waals surface area contributed by atoms with Crippen molar-refractivity contribution in [2.45, 2.75) is 70.9 Å². The van der Waals surface area contributed by atoms with Gasteiger partial charge in [-0.25, -0.2) is 13.6 Å². The summed E-state index contributed by atoms with van der Waals surface area (Å²) in [5, 5.41) is 3.10. The quantitative estimate of drug-likeness (QED) is 0.872. The maximum atomic E-state index is 13.2. The number of halogens is 2. The zero-order valence-corrected chi connectivity index (χ0v) is 13.9. The van der Waals surface area contributed by atoms with E-state index in [1.54, 1.807) is 13.8 Å². The van der Waals surface area contributed by atoms with Crippen molar-refractivity contribution in [3.05, 3.63) is 26.9 Å². The highest BCUT2D eigenvalue weighted by Gasteiger charge is 2.35. The minimum absolute atomic E-state index is 0.00308. The summed E-state index contributed by atoms with van der Waals surface area (Å²) in [6.45, 7) is 5.47. The Balaban J connectivity index is 1.97. The molecule has 0 unspecified atom stereocenters. The van der Waals surface area contributed by atoms with E-state index in [0.717, 1.165) is 11.0 Å². The second kappa shape index (κ2) is 6.84. The van der Waals surface area contributed by atoms with Gasteiger partial charge in [0.25, 0.3) is 5.56 Å². The molecule has 0 aliphatic heterocycles. The third-order valence-electron chi connectivity index (χ3n) is 4.41. The number of nitrogens with zero attached hydrogens (tertiary/aromatic N) is 1. The van der Waals surface area contributed by atoms with Gasteiger partial charge in [-0.2, -0.15) is 0 Å². The average molecular weight is 329 g/mol. The van der Waals surface area contributed by atoms with Crippen molar-refractivity contribution in [1.29, 1.82) is 0 Å². The van der Waals surface area contributed by atoms with Gasteiger partial charge in [0.1, 0.15) is 5.82 Å². The largest absolute Gasteiger partial charge is 0.369 e. The van der Waals surface area contributed by atoms with Crippen LogP contribution < -0.4 is 16.6 Å². The van der Waals surface area contributed by atoms with Gasteiger partial charge in [-0.15, -0.1) is 0 Å². The van der Waals surface area contributed by atoms with Crippen LogP contribution in [0.5, 0.6) is 0 Å². The van der Waals surface area contributed by atoms with E-state index in [9.17, 15) is 18.4 Å². The van der Waals surface area contributed by atoms with Gasteiger partial charge in [0, 0.05) is 31.0 Å². The molecule has 1 aromatic rings. The van der Waals surface area contributed by atoms with Crippen LogP contribution in [-0.4, -0.2) is 21.5 Å². The Morgan fingerprint density at radius 2 is 1.91 bits per heavy atom. The lowest BCUT2D eigenvalue weighted by Crippen LogP contribution is -2.37. The highest BCUT2D eigenvalue weighted by molar-refractivity contribution is 5.33. The fraction of sp³-hybridized carbons (Fsp3) is 0.750. The minimum atomic E-state index is -2.51. The lowest BCUT2D eigenvalue weighted by atomic mass is 9.83. The average Bonchev–Trinajstić information content (AvgIpc) is 2.39. The van der Waals surface area contributed by atoms with E-state index in [1.807, 2.05) is 6.92 Å². The van der Waals surface area contributed by atoms with E-state index in [4.69, 9.17) is 0 Å². The summed E-state index contributed by atoms with van der Waals surface area (Å²) in [6.07, 6.45) is 1.68. The molecule has 0 spiro atoms. The van der Waals surface area contributed by atoms with Crippen molar-refractivity contribution in [1.82, 2.24) is 9.55 Å². The molecule has 130 valence electrons. The predicted octanol–water partition coefficient (Wildman–Crippen LogP) is 3.13. The fourth-order valence-electron chi connectivity index (χ4n) is 3.23. The number of rotatable bonds is 5. The van der Waals surface area contributed by atoms with Crippen LogP contribution in [0.15, 0.2) is 15.7 Å². The summed E-state index contributed by atoms with van der Waals surface area (Å²) >= 11 is 0. The molecule has 1 atom stereocenters. The van der Waals surface area contributed by atoms with Crippen LogP contribution in [0.2, 0.25) is 0 Å². The number of anilines is 1. The van der Waals surface area contributed by atoms with Crippen LogP contribution in [-0.2, 0) is 0 Å². The molecule has 1 fully saturated rings. The zero-order valence-electron chi connectivity index (χ0n) is 13.9. The van der Waals surface area contributed by atoms with Crippen LogP contribution in [0.4, 0.5) is 14.6 Å². The Bertz CT molecular complexity index is 610.